The number of carbonyl (C=O) groups is 1. The van der Waals surface area contributed by atoms with Crippen LogP contribution in [-0.2, 0) is 15.7 Å². The third-order valence-corrected chi connectivity index (χ3v) is 2.49. The van der Waals surface area contributed by atoms with Crippen molar-refractivity contribution in [1.29, 1.82) is 0 Å². The summed E-state index contributed by atoms with van der Waals surface area (Å²) in [5, 5.41) is 5.08. The molecule has 1 aromatic rings. The minimum Gasteiger partial charge on any atom is -0.385 e. The molecule has 0 heterocycles. The molecular weight excluding hydrogens is 273 g/mol. The van der Waals surface area contributed by atoms with E-state index in [0.29, 0.717) is 13.2 Å². The Kier molecular flexibility index (Phi) is 6.47. The van der Waals surface area contributed by atoms with E-state index in [2.05, 4.69) is 10.6 Å². The number of ether oxygens (including phenoxy) is 1. The molecule has 0 bridgehead atoms. The Labute approximate surface area is 115 Å². The molecule has 1 amide bonds. The maximum atomic E-state index is 12.7. The molecule has 7 heteroatoms. The number of methoxy groups -OCH3 is 1. The molecular formula is C13H17F3N2O2. The predicted octanol–water partition coefficient (Wildman–Crippen LogP) is 2.27. The first-order valence-corrected chi connectivity index (χ1v) is 6.11. The first-order chi connectivity index (χ1) is 9.45. The lowest BCUT2D eigenvalue weighted by molar-refractivity contribution is -0.137. The van der Waals surface area contributed by atoms with E-state index in [1.807, 2.05) is 0 Å². The minimum atomic E-state index is -4.49. The largest absolute Gasteiger partial charge is 0.418 e. The number of hydrogen-bond acceptors (Lipinski definition) is 3. The van der Waals surface area contributed by atoms with Gasteiger partial charge in [-0.3, -0.25) is 4.79 Å². The van der Waals surface area contributed by atoms with Crippen LogP contribution in [0.3, 0.4) is 0 Å². The van der Waals surface area contributed by atoms with Crippen LogP contribution in [0, 0.1) is 0 Å². The number of alkyl halides is 3. The van der Waals surface area contributed by atoms with Crippen LogP contribution in [0.2, 0.25) is 0 Å². The quantitative estimate of drug-likeness (QED) is 0.757. The van der Waals surface area contributed by atoms with Crippen molar-refractivity contribution < 1.29 is 22.7 Å². The summed E-state index contributed by atoms with van der Waals surface area (Å²) >= 11 is 0. The zero-order valence-electron chi connectivity index (χ0n) is 11.1. The van der Waals surface area contributed by atoms with E-state index in [0.717, 1.165) is 12.5 Å². The Morgan fingerprint density at radius 2 is 2.00 bits per heavy atom. The summed E-state index contributed by atoms with van der Waals surface area (Å²) in [5.41, 5.74) is -1.09. The van der Waals surface area contributed by atoms with Gasteiger partial charge in [0.15, 0.2) is 0 Å². The van der Waals surface area contributed by atoms with Crippen LogP contribution in [0.4, 0.5) is 18.9 Å². The fourth-order valence-electron chi connectivity index (χ4n) is 1.58. The van der Waals surface area contributed by atoms with E-state index in [9.17, 15) is 18.0 Å². The van der Waals surface area contributed by atoms with Crippen molar-refractivity contribution in [3.05, 3.63) is 29.8 Å². The summed E-state index contributed by atoms with van der Waals surface area (Å²) < 4.78 is 43.0. The molecule has 0 aliphatic heterocycles. The van der Waals surface area contributed by atoms with Crippen LogP contribution in [0.1, 0.15) is 12.0 Å². The van der Waals surface area contributed by atoms with E-state index in [4.69, 9.17) is 4.74 Å². The molecule has 0 spiro atoms. The Hall–Kier alpha value is -1.60. The molecule has 0 saturated heterocycles. The molecule has 0 saturated carbocycles. The van der Waals surface area contributed by atoms with Crippen molar-refractivity contribution in [1.82, 2.24) is 5.32 Å². The second-order valence-corrected chi connectivity index (χ2v) is 4.11. The average Bonchev–Trinajstić information content (AvgIpc) is 2.38. The summed E-state index contributed by atoms with van der Waals surface area (Å²) in [7, 11) is 1.57. The number of para-hydroxylation sites is 1. The van der Waals surface area contributed by atoms with E-state index in [1.165, 1.54) is 18.2 Å². The van der Waals surface area contributed by atoms with Crippen LogP contribution in [0.25, 0.3) is 0 Å². The van der Waals surface area contributed by atoms with Crippen LogP contribution in [-0.4, -0.2) is 32.7 Å². The maximum absolute atomic E-state index is 12.7. The molecule has 2 N–H and O–H groups in total. The smallest absolute Gasteiger partial charge is 0.385 e. The molecule has 4 nitrogen and oxygen atoms in total. The van der Waals surface area contributed by atoms with Gasteiger partial charge in [-0.1, -0.05) is 12.1 Å². The van der Waals surface area contributed by atoms with Gasteiger partial charge in [-0.05, 0) is 25.1 Å². The SMILES string of the molecule is COCCCNCC(=O)Nc1ccccc1C(F)(F)F. The highest BCUT2D eigenvalue weighted by Gasteiger charge is 2.33. The second kappa shape index (κ2) is 7.86. The molecule has 0 aliphatic carbocycles. The van der Waals surface area contributed by atoms with Gasteiger partial charge in [0.2, 0.25) is 5.91 Å². The van der Waals surface area contributed by atoms with Gasteiger partial charge in [-0.2, -0.15) is 13.2 Å². The van der Waals surface area contributed by atoms with Gasteiger partial charge < -0.3 is 15.4 Å². The molecule has 20 heavy (non-hydrogen) atoms. The summed E-state index contributed by atoms with van der Waals surface area (Å²) in [6, 6.07) is 4.88. The number of carbonyl (C=O) groups excluding carboxylic acids is 1. The molecule has 0 fully saturated rings. The van der Waals surface area contributed by atoms with Crippen LogP contribution in [0.5, 0.6) is 0 Å². The number of halogens is 3. The van der Waals surface area contributed by atoms with Gasteiger partial charge in [-0.15, -0.1) is 0 Å². The van der Waals surface area contributed by atoms with Gasteiger partial charge in [0, 0.05) is 13.7 Å². The van der Waals surface area contributed by atoms with Crippen molar-refractivity contribution in [2.75, 3.05) is 32.1 Å². The number of nitrogens with one attached hydrogen (secondary N) is 2. The molecule has 0 atom stereocenters. The van der Waals surface area contributed by atoms with Gasteiger partial charge in [0.25, 0.3) is 0 Å². The molecule has 0 aromatic heterocycles. The monoisotopic (exact) mass is 290 g/mol. The number of rotatable bonds is 7. The topological polar surface area (TPSA) is 50.4 Å². The molecule has 0 radical (unpaired) electrons. The maximum Gasteiger partial charge on any atom is 0.418 e. The van der Waals surface area contributed by atoms with Crippen molar-refractivity contribution >= 4 is 11.6 Å². The summed E-state index contributed by atoms with van der Waals surface area (Å²) in [4.78, 5) is 11.6. The lowest BCUT2D eigenvalue weighted by Crippen LogP contribution is -2.29. The van der Waals surface area contributed by atoms with E-state index < -0.39 is 17.6 Å². The number of amides is 1. The third-order valence-electron chi connectivity index (χ3n) is 2.49. The zero-order chi connectivity index (χ0) is 15.0. The average molecular weight is 290 g/mol. The van der Waals surface area contributed by atoms with Gasteiger partial charge >= 0.3 is 6.18 Å². The van der Waals surface area contributed by atoms with E-state index in [1.54, 1.807) is 7.11 Å². The highest BCUT2D eigenvalue weighted by molar-refractivity contribution is 5.93. The molecule has 0 unspecified atom stereocenters. The highest BCUT2D eigenvalue weighted by Crippen LogP contribution is 2.34. The Bertz CT molecular complexity index is 436. The summed E-state index contributed by atoms with van der Waals surface area (Å²) in [6.07, 6.45) is -3.77. The van der Waals surface area contributed by atoms with Gasteiger partial charge in [0.1, 0.15) is 0 Å². The minimum absolute atomic E-state index is 0.0457. The lowest BCUT2D eigenvalue weighted by atomic mass is 10.1. The summed E-state index contributed by atoms with van der Waals surface area (Å²) in [6.45, 7) is 1.07. The lowest BCUT2D eigenvalue weighted by Gasteiger charge is -2.13. The van der Waals surface area contributed by atoms with Gasteiger partial charge in [0.05, 0.1) is 17.8 Å². The number of anilines is 1. The van der Waals surface area contributed by atoms with Crippen molar-refractivity contribution in [2.45, 2.75) is 12.6 Å². The first kappa shape index (κ1) is 16.5. The fraction of sp³-hybridized carbons (Fsp3) is 0.462. The molecule has 0 aliphatic rings. The van der Waals surface area contributed by atoms with Crippen molar-refractivity contribution in [2.24, 2.45) is 0 Å². The van der Waals surface area contributed by atoms with E-state index in [-0.39, 0.29) is 12.2 Å². The standard InChI is InChI=1S/C13H17F3N2O2/c1-20-8-4-7-17-9-12(19)18-11-6-3-2-5-10(11)13(14,15)16/h2-3,5-6,17H,4,7-9H2,1H3,(H,18,19). The highest BCUT2D eigenvalue weighted by atomic mass is 19.4. The zero-order valence-corrected chi connectivity index (χ0v) is 11.1. The number of benzene rings is 1. The number of hydrogen-bond donors (Lipinski definition) is 2. The van der Waals surface area contributed by atoms with Crippen LogP contribution in [0.15, 0.2) is 24.3 Å². The normalized spacial score (nSPS) is 11.4. The van der Waals surface area contributed by atoms with Crippen LogP contribution < -0.4 is 10.6 Å². The van der Waals surface area contributed by atoms with E-state index >= 15 is 0 Å². The Balaban J connectivity index is 2.50. The predicted molar refractivity (Wildman–Crippen MR) is 69.4 cm³/mol. The van der Waals surface area contributed by atoms with Crippen molar-refractivity contribution in [3.63, 3.8) is 0 Å². The Morgan fingerprint density at radius 1 is 1.30 bits per heavy atom. The molecule has 112 valence electrons. The Morgan fingerprint density at radius 3 is 2.65 bits per heavy atom. The molecule has 1 rings (SSSR count). The molecule has 1 aromatic carbocycles. The first-order valence-electron chi connectivity index (χ1n) is 6.11. The van der Waals surface area contributed by atoms with Gasteiger partial charge in [-0.25, -0.2) is 0 Å². The second-order valence-electron chi connectivity index (χ2n) is 4.11. The third kappa shape index (κ3) is 5.58. The summed E-state index contributed by atoms with van der Waals surface area (Å²) in [5.74, 6) is -0.515. The van der Waals surface area contributed by atoms with Crippen molar-refractivity contribution in [3.8, 4) is 0 Å². The van der Waals surface area contributed by atoms with Crippen LogP contribution >= 0.6 is 0 Å². The fourth-order valence-corrected chi connectivity index (χ4v) is 1.58.